The van der Waals surface area contributed by atoms with E-state index in [0.717, 1.165) is 23.9 Å². The molecule has 13 heavy (non-hydrogen) atoms. The van der Waals surface area contributed by atoms with Crippen molar-refractivity contribution in [3.8, 4) is 0 Å². The molecule has 68 valence electrons. The van der Waals surface area contributed by atoms with Crippen molar-refractivity contribution in [3.05, 3.63) is 30.1 Å². The van der Waals surface area contributed by atoms with Crippen LogP contribution in [0.3, 0.4) is 0 Å². The third-order valence-corrected chi connectivity index (χ3v) is 2.12. The van der Waals surface area contributed by atoms with Gasteiger partial charge in [0.2, 0.25) is 0 Å². The van der Waals surface area contributed by atoms with E-state index in [2.05, 4.69) is 9.97 Å². The van der Waals surface area contributed by atoms with Crippen molar-refractivity contribution in [1.29, 1.82) is 0 Å². The fourth-order valence-electron chi connectivity index (χ4n) is 1.47. The van der Waals surface area contributed by atoms with Crippen LogP contribution in [0, 0.1) is 0 Å². The quantitative estimate of drug-likeness (QED) is 0.744. The Morgan fingerprint density at radius 1 is 1.46 bits per heavy atom. The number of rotatable bonds is 3. The van der Waals surface area contributed by atoms with E-state index in [1.807, 2.05) is 18.3 Å². The lowest BCUT2D eigenvalue weighted by Crippen LogP contribution is -1.88. The number of aromatic amines is 1. The number of H-pyrrole nitrogens is 1. The van der Waals surface area contributed by atoms with E-state index in [9.17, 15) is 0 Å². The minimum absolute atomic E-state index is 0.236. The Balaban J connectivity index is 2.35. The summed E-state index contributed by atoms with van der Waals surface area (Å²) in [5.41, 5.74) is 3.27. The van der Waals surface area contributed by atoms with Crippen LogP contribution in [-0.4, -0.2) is 21.7 Å². The van der Waals surface area contributed by atoms with Gasteiger partial charge in [-0.15, -0.1) is 0 Å². The largest absolute Gasteiger partial charge is 0.396 e. The van der Waals surface area contributed by atoms with Gasteiger partial charge in [-0.3, -0.25) is 4.98 Å². The van der Waals surface area contributed by atoms with Gasteiger partial charge < -0.3 is 10.1 Å². The van der Waals surface area contributed by atoms with E-state index in [1.165, 1.54) is 5.56 Å². The van der Waals surface area contributed by atoms with Crippen LogP contribution in [0.5, 0.6) is 0 Å². The molecule has 0 saturated heterocycles. The molecule has 2 aromatic rings. The molecule has 0 aliphatic heterocycles. The summed E-state index contributed by atoms with van der Waals surface area (Å²) in [6, 6.07) is 3.92. The van der Waals surface area contributed by atoms with Crippen molar-refractivity contribution in [2.45, 2.75) is 12.8 Å². The molecule has 0 radical (unpaired) electrons. The Kier molecular flexibility index (Phi) is 2.27. The lowest BCUT2D eigenvalue weighted by molar-refractivity contribution is 0.289. The smallest absolute Gasteiger partial charge is 0.0910 e. The molecule has 0 bridgehead atoms. The zero-order valence-electron chi connectivity index (χ0n) is 7.33. The minimum Gasteiger partial charge on any atom is -0.396 e. The predicted molar refractivity (Wildman–Crippen MR) is 51.5 cm³/mol. The van der Waals surface area contributed by atoms with Crippen LogP contribution < -0.4 is 0 Å². The maximum atomic E-state index is 8.71. The van der Waals surface area contributed by atoms with Gasteiger partial charge in [0.1, 0.15) is 0 Å². The lowest BCUT2D eigenvalue weighted by Gasteiger charge is -1.94. The number of aliphatic hydroxyl groups is 1. The van der Waals surface area contributed by atoms with Gasteiger partial charge in [0.05, 0.1) is 11.0 Å². The summed E-state index contributed by atoms with van der Waals surface area (Å²) in [4.78, 5) is 7.43. The summed E-state index contributed by atoms with van der Waals surface area (Å²) in [6.45, 7) is 0.236. The zero-order valence-corrected chi connectivity index (χ0v) is 7.33. The highest BCUT2D eigenvalue weighted by Gasteiger charge is 2.02. The van der Waals surface area contributed by atoms with Crippen LogP contribution in [0.15, 0.2) is 24.5 Å². The second-order valence-electron chi connectivity index (χ2n) is 3.04. The van der Waals surface area contributed by atoms with Crippen molar-refractivity contribution in [1.82, 2.24) is 9.97 Å². The fourth-order valence-corrected chi connectivity index (χ4v) is 1.47. The molecule has 2 rings (SSSR count). The maximum absolute atomic E-state index is 8.71. The standard InChI is InChI=1S/C10H12N2O/c13-6-2-3-8-7-12-9-4-1-5-11-10(8)9/h1,4-5,7,12-13H,2-3,6H2. The molecule has 0 unspecified atom stereocenters. The molecule has 0 aromatic carbocycles. The Labute approximate surface area is 76.4 Å². The SMILES string of the molecule is OCCCc1c[nH]c2cccnc12. The van der Waals surface area contributed by atoms with Crippen molar-refractivity contribution < 1.29 is 5.11 Å². The molecule has 0 aliphatic rings. The highest BCUT2D eigenvalue weighted by atomic mass is 16.2. The van der Waals surface area contributed by atoms with Crippen LogP contribution in [0.4, 0.5) is 0 Å². The van der Waals surface area contributed by atoms with Crippen LogP contribution in [-0.2, 0) is 6.42 Å². The number of aromatic nitrogens is 2. The maximum Gasteiger partial charge on any atom is 0.0910 e. The zero-order chi connectivity index (χ0) is 9.10. The average Bonchev–Trinajstić information content (AvgIpc) is 2.58. The Morgan fingerprint density at radius 2 is 2.38 bits per heavy atom. The Bertz CT molecular complexity index is 394. The summed E-state index contributed by atoms with van der Waals surface area (Å²) >= 11 is 0. The number of hydrogen-bond acceptors (Lipinski definition) is 2. The Hall–Kier alpha value is -1.35. The van der Waals surface area contributed by atoms with Gasteiger partial charge in [-0.25, -0.2) is 0 Å². The summed E-state index contributed by atoms with van der Waals surface area (Å²) in [6.07, 6.45) is 5.43. The van der Waals surface area contributed by atoms with Gasteiger partial charge in [0, 0.05) is 19.0 Å². The van der Waals surface area contributed by atoms with E-state index in [-0.39, 0.29) is 6.61 Å². The molecule has 0 saturated carbocycles. The molecule has 2 heterocycles. The topological polar surface area (TPSA) is 48.9 Å². The van der Waals surface area contributed by atoms with Gasteiger partial charge in [-0.2, -0.15) is 0 Å². The number of nitrogens with zero attached hydrogens (tertiary/aromatic N) is 1. The van der Waals surface area contributed by atoms with E-state index < -0.39 is 0 Å². The van der Waals surface area contributed by atoms with Crippen molar-refractivity contribution >= 4 is 11.0 Å². The number of aryl methyl sites for hydroxylation is 1. The van der Waals surface area contributed by atoms with Crippen LogP contribution >= 0.6 is 0 Å². The highest BCUT2D eigenvalue weighted by molar-refractivity contribution is 5.78. The van der Waals surface area contributed by atoms with E-state index in [4.69, 9.17) is 5.11 Å². The van der Waals surface area contributed by atoms with E-state index >= 15 is 0 Å². The molecule has 0 fully saturated rings. The first-order valence-corrected chi connectivity index (χ1v) is 4.43. The Morgan fingerprint density at radius 3 is 3.23 bits per heavy atom. The van der Waals surface area contributed by atoms with Crippen LogP contribution in [0.1, 0.15) is 12.0 Å². The molecular formula is C10H12N2O. The molecule has 2 N–H and O–H groups in total. The van der Waals surface area contributed by atoms with E-state index in [0.29, 0.717) is 0 Å². The molecule has 3 nitrogen and oxygen atoms in total. The first kappa shape index (κ1) is 8.26. The predicted octanol–water partition coefficient (Wildman–Crippen LogP) is 1.49. The summed E-state index contributed by atoms with van der Waals surface area (Å²) < 4.78 is 0. The second-order valence-corrected chi connectivity index (χ2v) is 3.04. The second kappa shape index (κ2) is 3.58. The van der Waals surface area contributed by atoms with Crippen molar-refractivity contribution in [2.24, 2.45) is 0 Å². The number of fused-ring (bicyclic) bond motifs is 1. The first-order valence-electron chi connectivity index (χ1n) is 4.43. The first-order chi connectivity index (χ1) is 6.42. The molecule has 3 heteroatoms. The monoisotopic (exact) mass is 176 g/mol. The number of pyridine rings is 1. The number of aliphatic hydroxyl groups excluding tert-OH is 1. The van der Waals surface area contributed by atoms with Crippen molar-refractivity contribution in [3.63, 3.8) is 0 Å². The minimum atomic E-state index is 0.236. The van der Waals surface area contributed by atoms with Gasteiger partial charge in [0.15, 0.2) is 0 Å². The molecule has 2 aromatic heterocycles. The highest BCUT2D eigenvalue weighted by Crippen LogP contribution is 2.15. The third-order valence-electron chi connectivity index (χ3n) is 2.12. The summed E-state index contributed by atoms with van der Waals surface area (Å²) in [7, 11) is 0. The summed E-state index contributed by atoms with van der Waals surface area (Å²) in [5, 5.41) is 8.71. The van der Waals surface area contributed by atoms with Gasteiger partial charge in [-0.05, 0) is 30.5 Å². The molecule has 0 amide bonds. The third kappa shape index (κ3) is 1.55. The van der Waals surface area contributed by atoms with Crippen molar-refractivity contribution in [2.75, 3.05) is 6.61 Å². The van der Waals surface area contributed by atoms with Gasteiger partial charge >= 0.3 is 0 Å². The molecular weight excluding hydrogens is 164 g/mol. The van der Waals surface area contributed by atoms with Gasteiger partial charge in [-0.1, -0.05) is 0 Å². The lowest BCUT2D eigenvalue weighted by atomic mass is 10.1. The molecule has 0 atom stereocenters. The molecule has 0 aliphatic carbocycles. The number of nitrogens with one attached hydrogen (secondary N) is 1. The average molecular weight is 176 g/mol. The number of hydrogen-bond donors (Lipinski definition) is 2. The molecule has 0 spiro atoms. The fraction of sp³-hybridized carbons (Fsp3) is 0.300. The van der Waals surface area contributed by atoms with Gasteiger partial charge in [0.25, 0.3) is 0 Å². The van der Waals surface area contributed by atoms with E-state index in [1.54, 1.807) is 6.20 Å². The van der Waals surface area contributed by atoms with Crippen LogP contribution in [0.25, 0.3) is 11.0 Å². The summed E-state index contributed by atoms with van der Waals surface area (Å²) in [5.74, 6) is 0. The van der Waals surface area contributed by atoms with Crippen LogP contribution in [0.2, 0.25) is 0 Å². The normalized spacial score (nSPS) is 10.8.